The predicted octanol–water partition coefficient (Wildman–Crippen LogP) is 12.5. The number of ether oxygens (including phenoxy) is 2. The molecule has 0 bridgehead atoms. The van der Waals surface area contributed by atoms with Gasteiger partial charge in [0.1, 0.15) is 6.10 Å². The molecule has 0 rings (SSSR count). The van der Waals surface area contributed by atoms with Gasteiger partial charge in [0.05, 0.1) is 13.2 Å². The smallest absolute Gasteiger partial charge is 0.104 e. The molecule has 0 aromatic carbocycles. The van der Waals surface area contributed by atoms with E-state index in [-0.39, 0.29) is 12.7 Å². The van der Waals surface area contributed by atoms with Crippen molar-refractivity contribution in [1.29, 1.82) is 0 Å². The highest BCUT2D eigenvalue weighted by molar-refractivity contribution is 4.82. The minimum Gasteiger partial charge on any atom is -0.394 e. The Morgan fingerprint density at radius 3 is 1.14 bits per heavy atom. The summed E-state index contributed by atoms with van der Waals surface area (Å²) >= 11 is 0. The molecular weight excluding hydrogens is 516 g/mol. The molecule has 0 aliphatic heterocycles. The number of aliphatic hydroxyl groups excluding tert-OH is 1. The molecule has 0 aromatic rings. The fraction of sp³-hybridized carbons (Fsp3) is 0.897. The first kappa shape index (κ1) is 41.4. The van der Waals surface area contributed by atoms with Crippen LogP contribution in [0.1, 0.15) is 194 Å². The van der Waals surface area contributed by atoms with Gasteiger partial charge in [0.25, 0.3) is 0 Å². The van der Waals surface area contributed by atoms with Gasteiger partial charge in [-0.15, -0.1) is 0 Å². The fourth-order valence-electron chi connectivity index (χ4n) is 5.42. The monoisotopic (exact) mass is 593 g/mol. The Morgan fingerprint density at radius 2 is 0.762 bits per heavy atom. The Balaban J connectivity index is 3.32. The minimum absolute atomic E-state index is 0.0553. The van der Waals surface area contributed by atoms with Crippen LogP contribution in [0.3, 0.4) is 0 Å². The van der Waals surface area contributed by atoms with Crippen LogP contribution in [-0.4, -0.2) is 37.6 Å². The normalized spacial score (nSPS) is 12.7. The van der Waals surface area contributed by atoms with E-state index in [9.17, 15) is 5.11 Å². The van der Waals surface area contributed by atoms with Crippen molar-refractivity contribution in [3.8, 4) is 0 Å². The van der Waals surface area contributed by atoms with E-state index < -0.39 is 0 Å². The van der Waals surface area contributed by atoms with Crippen molar-refractivity contribution in [1.82, 2.24) is 0 Å². The van der Waals surface area contributed by atoms with Crippen LogP contribution in [0.25, 0.3) is 0 Å². The molecule has 250 valence electrons. The van der Waals surface area contributed by atoms with Gasteiger partial charge in [-0.2, -0.15) is 0 Å². The second kappa shape index (κ2) is 38.4. The van der Waals surface area contributed by atoms with E-state index in [0.29, 0.717) is 6.61 Å². The first-order chi connectivity index (χ1) is 20.8. The molecule has 0 fully saturated rings. The van der Waals surface area contributed by atoms with Crippen LogP contribution in [0.5, 0.6) is 0 Å². The van der Waals surface area contributed by atoms with Gasteiger partial charge < -0.3 is 14.6 Å². The second-order valence-corrected chi connectivity index (χ2v) is 12.6. The number of rotatable bonds is 36. The highest BCUT2D eigenvalue weighted by Crippen LogP contribution is 2.12. The number of unbranched alkanes of at least 4 members (excludes halogenated alkanes) is 24. The molecule has 0 aromatic heterocycles. The molecule has 0 saturated carbocycles. The van der Waals surface area contributed by atoms with Crippen molar-refractivity contribution in [2.75, 3.05) is 26.4 Å². The standard InChI is InChI=1S/C39H76O3/c1-3-5-7-9-11-13-15-17-19-21-23-25-27-29-31-33-35-41-38-39(37-40)42-36-34-32-30-28-26-24-22-20-18-16-14-12-10-8-6-4-2/h17-20,39-40H,3-16,21-38H2,1-2H3/t39-/m0/s1. The van der Waals surface area contributed by atoms with Gasteiger partial charge in [0, 0.05) is 13.2 Å². The summed E-state index contributed by atoms with van der Waals surface area (Å²) in [6.45, 7) is 6.67. The lowest BCUT2D eigenvalue weighted by Crippen LogP contribution is -2.24. The maximum absolute atomic E-state index is 9.59. The van der Waals surface area contributed by atoms with Crippen LogP contribution in [0.15, 0.2) is 24.3 Å². The zero-order chi connectivity index (χ0) is 30.4. The lowest BCUT2D eigenvalue weighted by molar-refractivity contribution is -0.0437. The molecule has 3 heteroatoms. The fourth-order valence-corrected chi connectivity index (χ4v) is 5.42. The number of aliphatic hydroxyl groups is 1. The van der Waals surface area contributed by atoms with Gasteiger partial charge in [-0.3, -0.25) is 0 Å². The van der Waals surface area contributed by atoms with E-state index in [4.69, 9.17) is 9.47 Å². The van der Waals surface area contributed by atoms with E-state index in [1.807, 2.05) is 0 Å². The van der Waals surface area contributed by atoms with Gasteiger partial charge in [-0.25, -0.2) is 0 Å². The number of allylic oxidation sites excluding steroid dienone is 4. The average Bonchev–Trinajstić information content (AvgIpc) is 3.00. The summed E-state index contributed by atoms with van der Waals surface area (Å²) in [6.07, 6.45) is 46.4. The van der Waals surface area contributed by atoms with E-state index in [1.165, 1.54) is 167 Å². The number of hydrogen-bond donors (Lipinski definition) is 1. The molecule has 1 N–H and O–H groups in total. The third kappa shape index (κ3) is 35.6. The summed E-state index contributed by atoms with van der Waals surface area (Å²) in [5.74, 6) is 0. The van der Waals surface area contributed by atoms with Crippen molar-refractivity contribution in [3.63, 3.8) is 0 Å². The van der Waals surface area contributed by atoms with Crippen molar-refractivity contribution in [3.05, 3.63) is 24.3 Å². The Morgan fingerprint density at radius 1 is 0.429 bits per heavy atom. The minimum atomic E-state index is -0.165. The molecule has 0 aliphatic rings. The molecule has 0 aliphatic carbocycles. The van der Waals surface area contributed by atoms with Gasteiger partial charge in [-0.1, -0.05) is 154 Å². The first-order valence-corrected chi connectivity index (χ1v) is 18.9. The van der Waals surface area contributed by atoms with E-state index in [2.05, 4.69) is 38.2 Å². The third-order valence-electron chi connectivity index (χ3n) is 8.32. The van der Waals surface area contributed by atoms with Crippen LogP contribution < -0.4 is 0 Å². The molecule has 0 spiro atoms. The van der Waals surface area contributed by atoms with Crippen LogP contribution in [-0.2, 0) is 9.47 Å². The Bertz CT molecular complexity index is 530. The molecule has 1 atom stereocenters. The lowest BCUT2D eigenvalue weighted by Gasteiger charge is -2.15. The molecule has 0 heterocycles. The zero-order valence-electron chi connectivity index (χ0n) is 28.8. The van der Waals surface area contributed by atoms with E-state index in [1.54, 1.807) is 0 Å². The maximum Gasteiger partial charge on any atom is 0.104 e. The van der Waals surface area contributed by atoms with Crippen LogP contribution >= 0.6 is 0 Å². The topological polar surface area (TPSA) is 38.7 Å². The maximum atomic E-state index is 9.59. The molecule has 42 heavy (non-hydrogen) atoms. The summed E-state index contributed by atoms with van der Waals surface area (Å²) in [4.78, 5) is 0. The Hall–Kier alpha value is -0.640. The Labute approximate surface area is 264 Å². The molecule has 0 radical (unpaired) electrons. The molecule has 0 amide bonds. The summed E-state index contributed by atoms with van der Waals surface area (Å²) in [5.41, 5.74) is 0. The molecular formula is C39H76O3. The Kier molecular flexibility index (Phi) is 37.8. The predicted molar refractivity (Wildman–Crippen MR) is 187 cm³/mol. The van der Waals surface area contributed by atoms with Crippen LogP contribution in [0.2, 0.25) is 0 Å². The third-order valence-corrected chi connectivity index (χ3v) is 8.32. The van der Waals surface area contributed by atoms with Crippen molar-refractivity contribution in [2.24, 2.45) is 0 Å². The second-order valence-electron chi connectivity index (χ2n) is 12.6. The van der Waals surface area contributed by atoms with Crippen LogP contribution in [0, 0.1) is 0 Å². The quantitative estimate of drug-likeness (QED) is 0.0581. The lowest BCUT2D eigenvalue weighted by atomic mass is 10.1. The van der Waals surface area contributed by atoms with Gasteiger partial charge in [0.15, 0.2) is 0 Å². The summed E-state index contributed by atoms with van der Waals surface area (Å²) in [5, 5.41) is 9.59. The van der Waals surface area contributed by atoms with Crippen molar-refractivity contribution in [2.45, 2.75) is 200 Å². The zero-order valence-corrected chi connectivity index (χ0v) is 28.8. The highest BCUT2D eigenvalue weighted by atomic mass is 16.5. The largest absolute Gasteiger partial charge is 0.394 e. The first-order valence-electron chi connectivity index (χ1n) is 18.9. The average molecular weight is 593 g/mol. The number of hydrogen-bond acceptors (Lipinski definition) is 3. The van der Waals surface area contributed by atoms with Crippen molar-refractivity contribution < 1.29 is 14.6 Å². The van der Waals surface area contributed by atoms with Gasteiger partial charge in [0.2, 0.25) is 0 Å². The molecule has 3 nitrogen and oxygen atoms in total. The van der Waals surface area contributed by atoms with Crippen molar-refractivity contribution >= 4 is 0 Å². The SMILES string of the molecule is CCCCCCCCC=CCCCCCCCCOC[C@H](CO)OCCCCCCCCC=CCCCCCCCC. The summed E-state index contributed by atoms with van der Waals surface area (Å²) in [6, 6.07) is 0. The highest BCUT2D eigenvalue weighted by Gasteiger charge is 2.07. The summed E-state index contributed by atoms with van der Waals surface area (Å²) < 4.78 is 11.6. The van der Waals surface area contributed by atoms with Crippen LogP contribution in [0.4, 0.5) is 0 Å². The summed E-state index contributed by atoms with van der Waals surface area (Å²) in [7, 11) is 0. The van der Waals surface area contributed by atoms with E-state index >= 15 is 0 Å². The van der Waals surface area contributed by atoms with Gasteiger partial charge >= 0.3 is 0 Å². The van der Waals surface area contributed by atoms with Gasteiger partial charge in [-0.05, 0) is 64.2 Å². The van der Waals surface area contributed by atoms with E-state index in [0.717, 1.165) is 26.1 Å². The molecule has 0 saturated heterocycles. The molecule has 0 unspecified atom stereocenters.